The third-order valence-corrected chi connectivity index (χ3v) is 3.10. The molecule has 0 fully saturated rings. The number of phenols is 1. The van der Waals surface area contributed by atoms with E-state index >= 15 is 0 Å². The highest BCUT2D eigenvalue weighted by atomic mass is 16.5. The second-order valence-electron chi connectivity index (χ2n) is 4.45. The fourth-order valence-corrected chi connectivity index (χ4v) is 2.13. The number of benzene rings is 2. The van der Waals surface area contributed by atoms with Crippen molar-refractivity contribution >= 4 is 0 Å². The van der Waals surface area contributed by atoms with Crippen molar-refractivity contribution in [3.05, 3.63) is 54.1 Å². The van der Waals surface area contributed by atoms with Gasteiger partial charge in [-0.1, -0.05) is 18.2 Å². The van der Waals surface area contributed by atoms with Gasteiger partial charge >= 0.3 is 0 Å². The Labute approximate surface area is 110 Å². The van der Waals surface area contributed by atoms with Crippen LogP contribution in [0.2, 0.25) is 0 Å². The highest BCUT2D eigenvalue weighted by molar-refractivity contribution is 5.43. The highest BCUT2D eigenvalue weighted by Crippen LogP contribution is 2.35. The Kier molecular flexibility index (Phi) is 3.01. The number of fused-ring (bicyclic) bond motifs is 1. The Morgan fingerprint density at radius 1 is 1.11 bits per heavy atom. The van der Waals surface area contributed by atoms with Crippen LogP contribution in [0.15, 0.2) is 48.5 Å². The van der Waals surface area contributed by atoms with Gasteiger partial charge in [0.25, 0.3) is 0 Å². The summed E-state index contributed by atoms with van der Waals surface area (Å²) in [6.07, 6.45) is -1.31. The molecule has 19 heavy (non-hydrogen) atoms. The van der Waals surface area contributed by atoms with Crippen molar-refractivity contribution in [1.29, 1.82) is 0 Å². The van der Waals surface area contributed by atoms with E-state index in [4.69, 9.17) is 9.47 Å². The Morgan fingerprint density at radius 2 is 1.89 bits per heavy atom. The summed E-state index contributed by atoms with van der Waals surface area (Å²) < 4.78 is 11.2. The summed E-state index contributed by atoms with van der Waals surface area (Å²) in [5.41, 5.74) is 0.548. The molecule has 2 N–H and O–H groups in total. The minimum atomic E-state index is -0.823. The van der Waals surface area contributed by atoms with Crippen LogP contribution in [0, 0.1) is 0 Å². The van der Waals surface area contributed by atoms with Crippen LogP contribution in [0.1, 0.15) is 11.7 Å². The highest BCUT2D eigenvalue weighted by Gasteiger charge is 2.31. The average Bonchev–Trinajstić information content (AvgIpc) is 2.44. The summed E-state index contributed by atoms with van der Waals surface area (Å²) in [6.45, 7) is 0.272. The standard InChI is InChI=1S/C15H14O4/c16-10-6-7-13-12(8-10)15(17)14(9-18-13)19-11-4-2-1-3-5-11/h1-8,14-17H,9H2/t14-,15+/m1/s1. The number of aromatic hydroxyl groups is 1. The third kappa shape index (κ3) is 2.35. The molecule has 0 bridgehead atoms. The van der Waals surface area contributed by atoms with Crippen LogP contribution in [-0.4, -0.2) is 22.9 Å². The van der Waals surface area contributed by atoms with E-state index in [2.05, 4.69) is 0 Å². The SMILES string of the molecule is Oc1ccc2c(c1)[C@H](O)[C@H](Oc1ccccc1)CO2. The van der Waals surface area contributed by atoms with Crippen molar-refractivity contribution in [3.63, 3.8) is 0 Å². The lowest BCUT2D eigenvalue weighted by Gasteiger charge is -2.30. The van der Waals surface area contributed by atoms with Crippen molar-refractivity contribution in [2.24, 2.45) is 0 Å². The van der Waals surface area contributed by atoms with Crippen LogP contribution in [0.4, 0.5) is 0 Å². The minimum absolute atomic E-state index is 0.0989. The van der Waals surface area contributed by atoms with E-state index in [9.17, 15) is 10.2 Å². The first-order valence-corrected chi connectivity index (χ1v) is 6.09. The first kappa shape index (κ1) is 11.9. The van der Waals surface area contributed by atoms with Crippen molar-refractivity contribution < 1.29 is 19.7 Å². The molecule has 1 aliphatic heterocycles. The van der Waals surface area contributed by atoms with E-state index in [0.29, 0.717) is 17.1 Å². The van der Waals surface area contributed by atoms with Crippen LogP contribution in [0.3, 0.4) is 0 Å². The second kappa shape index (κ2) is 4.82. The maximum Gasteiger partial charge on any atom is 0.163 e. The van der Waals surface area contributed by atoms with Crippen LogP contribution in [-0.2, 0) is 0 Å². The molecule has 0 aliphatic carbocycles. The Bertz CT molecular complexity index is 568. The molecule has 0 radical (unpaired) electrons. The molecule has 4 heteroatoms. The first-order valence-electron chi connectivity index (χ1n) is 6.09. The van der Waals surface area contributed by atoms with Crippen molar-refractivity contribution in [1.82, 2.24) is 0 Å². The molecule has 4 nitrogen and oxygen atoms in total. The van der Waals surface area contributed by atoms with Gasteiger partial charge in [-0.3, -0.25) is 0 Å². The fraction of sp³-hybridized carbons (Fsp3) is 0.200. The summed E-state index contributed by atoms with van der Waals surface area (Å²) in [5.74, 6) is 1.36. The number of aliphatic hydroxyl groups is 1. The smallest absolute Gasteiger partial charge is 0.163 e. The maximum absolute atomic E-state index is 10.3. The number of rotatable bonds is 2. The molecule has 2 aromatic rings. The number of aliphatic hydroxyl groups excluding tert-OH is 1. The number of phenolic OH excluding ortho intramolecular Hbond substituents is 1. The average molecular weight is 258 g/mol. The zero-order chi connectivity index (χ0) is 13.2. The van der Waals surface area contributed by atoms with E-state index in [1.165, 1.54) is 12.1 Å². The second-order valence-corrected chi connectivity index (χ2v) is 4.45. The normalized spacial score (nSPS) is 21.3. The number of hydrogen-bond donors (Lipinski definition) is 2. The predicted octanol–water partition coefficient (Wildman–Crippen LogP) is 2.27. The van der Waals surface area contributed by atoms with Crippen LogP contribution < -0.4 is 9.47 Å². The summed E-state index contributed by atoms with van der Waals surface area (Å²) in [7, 11) is 0. The minimum Gasteiger partial charge on any atom is -0.508 e. The van der Waals surface area contributed by atoms with Gasteiger partial charge in [0.05, 0.1) is 0 Å². The molecule has 0 unspecified atom stereocenters. The molecule has 98 valence electrons. The van der Waals surface area contributed by atoms with E-state index in [1.807, 2.05) is 30.3 Å². The van der Waals surface area contributed by atoms with E-state index in [0.717, 1.165) is 0 Å². The molecule has 1 aliphatic rings. The molecule has 0 saturated heterocycles. The molecule has 0 spiro atoms. The quantitative estimate of drug-likeness (QED) is 0.867. The topological polar surface area (TPSA) is 58.9 Å². The van der Waals surface area contributed by atoms with Gasteiger partial charge in [-0.25, -0.2) is 0 Å². The summed E-state index contributed by atoms with van der Waals surface area (Å²) in [6, 6.07) is 14.0. The molecular weight excluding hydrogens is 244 g/mol. The van der Waals surface area contributed by atoms with Crippen LogP contribution in [0.25, 0.3) is 0 Å². The third-order valence-electron chi connectivity index (χ3n) is 3.10. The van der Waals surface area contributed by atoms with Crippen molar-refractivity contribution in [3.8, 4) is 17.2 Å². The van der Waals surface area contributed by atoms with E-state index in [1.54, 1.807) is 6.07 Å². The maximum atomic E-state index is 10.3. The van der Waals surface area contributed by atoms with Gasteiger partial charge in [0.1, 0.15) is 30.0 Å². The molecule has 3 rings (SSSR count). The lowest BCUT2D eigenvalue weighted by Crippen LogP contribution is -2.35. The van der Waals surface area contributed by atoms with Crippen LogP contribution >= 0.6 is 0 Å². The van der Waals surface area contributed by atoms with Gasteiger partial charge in [-0.15, -0.1) is 0 Å². The zero-order valence-electron chi connectivity index (χ0n) is 10.2. The van der Waals surface area contributed by atoms with Gasteiger partial charge in [0.2, 0.25) is 0 Å². The lowest BCUT2D eigenvalue weighted by atomic mass is 10.0. The lowest BCUT2D eigenvalue weighted by molar-refractivity contribution is -0.0104. The van der Waals surface area contributed by atoms with Crippen molar-refractivity contribution in [2.75, 3.05) is 6.61 Å². The molecule has 0 amide bonds. The van der Waals surface area contributed by atoms with E-state index in [-0.39, 0.29) is 12.4 Å². The zero-order valence-corrected chi connectivity index (χ0v) is 10.2. The van der Waals surface area contributed by atoms with Gasteiger partial charge in [-0.2, -0.15) is 0 Å². The fourth-order valence-electron chi connectivity index (χ4n) is 2.13. The Hall–Kier alpha value is -2.20. The molecular formula is C15H14O4. The molecule has 2 atom stereocenters. The number of ether oxygens (including phenoxy) is 2. The monoisotopic (exact) mass is 258 g/mol. The van der Waals surface area contributed by atoms with Crippen molar-refractivity contribution in [2.45, 2.75) is 12.2 Å². The van der Waals surface area contributed by atoms with Gasteiger partial charge in [0.15, 0.2) is 6.10 Å². The van der Waals surface area contributed by atoms with Gasteiger partial charge < -0.3 is 19.7 Å². The number of para-hydroxylation sites is 1. The molecule has 2 aromatic carbocycles. The molecule has 0 aromatic heterocycles. The Morgan fingerprint density at radius 3 is 2.68 bits per heavy atom. The van der Waals surface area contributed by atoms with E-state index < -0.39 is 12.2 Å². The summed E-state index contributed by atoms with van der Waals surface area (Å²) in [5, 5.41) is 19.8. The van der Waals surface area contributed by atoms with Gasteiger partial charge in [-0.05, 0) is 30.3 Å². The molecule has 0 saturated carbocycles. The summed E-state index contributed by atoms with van der Waals surface area (Å²) in [4.78, 5) is 0. The Balaban J connectivity index is 1.83. The number of hydrogen-bond acceptors (Lipinski definition) is 4. The van der Waals surface area contributed by atoms with Crippen LogP contribution in [0.5, 0.6) is 17.2 Å². The predicted molar refractivity (Wildman–Crippen MR) is 69.4 cm³/mol. The van der Waals surface area contributed by atoms with Gasteiger partial charge in [0, 0.05) is 5.56 Å². The molecule has 1 heterocycles. The largest absolute Gasteiger partial charge is 0.508 e. The summed E-state index contributed by atoms with van der Waals surface area (Å²) >= 11 is 0. The first-order chi connectivity index (χ1) is 9.24.